The Morgan fingerprint density at radius 2 is 1.85 bits per heavy atom. The Morgan fingerprint density at radius 1 is 1.25 bits per heavy atom. The zero-order valence-electron chi connectivity index (χ0n) is 11.5. The molecular formula is C12H17F3N2O2S. The van der Waals surface area contributed by atoms with Crippen molar-refractivity contribution < 1.29 is 21.6 Å². The highest BCUT2D eigenvalue weighted by atomic mass is 32.2. The van der Waals surface area contributed by atoms with Crippen molar-refractivity contribution in [1.82, 2.24) is 10.3 Å². The maximum absolute atomic E-state index is 12.5. The second kappa shape index (κ2) is 5.69. The van der Waals surface area contributed by atoms with E-state index in [0.717, 1.165) is 18.5 Å². The molecule has 0 saturated carbocycles. The molecule has 4 nitrogen and oxygen atoms in total. The Hall–Kier alpha value is -1.15. The highest BCUT2D eigenvalue weighted by molar-refractivity contribution is 7.92. The first-order valence-corrected chi connectivity index (χ1v) is 7.74. The van der Waals surface area contributed by atoms with E-state index in [9.17, 15) is 21.6 Å². The molecule has 0 aliphatic heterocycles. The van der Waals surface area contributed by atoms with Crippen LogP contribution in [-0.4, -0.2) is 30.9 Å². The van der Waals surface area contributed by atoms with Gasteiger partial charge in [0.15, 0.2) is 9.84 Å². The minimum atomic E-state index is -4.44. The quantitative estimate of drug-likeness (QED) is 0.904. The molecule has 8 heteroatoms. The molecule has 20 heavy (non-hydrogen) atoms. The van der Waals surface area contributed by atoms with Crippen molar-refractivity contribution in [2.24, 2.45) is 0 Å². The average Bonchev–Trinajstić information content (AvgIpc) is 2.26. The molecule has 0 amide bonds. The van der Waals surface area contributed by atoms with Crippen LogP contribution in [0.4, 0.5) is 13.2 Å². The van der Waals surface area contributed by atoms with E-state index in [2.05, 4.69) is 10.3 Å². The number of nitrogens with one attached hydrogen (secondary N) is 1. The van der Waals surface area contributed by atoms with Crippen molar-refractivity contribution in [3.63, 3.8) is 0 Å². The van der Waals surface area contributed by atoms with Crippen LogP contribution in [0.15, 0.2) is 18.5 Å². The summed E-state index contributed by atoms with van der Waals surface area (Å²) in [6.07, 6.45) is -1.24. The summed E-state index contributed by atoms with van der Waals surface area (Å²) in [5, 5.41) is 2.84. The van der Waals surface area contributed by atoms with Gasteiger partial charge in [-0.1, -0.05) is 0 Å². The maximum Gasteiger partial charge on any atom is 0.417 e. The third-order valence-electron chi connectivity index (χ3n) is 3.01. The Labute approximate surface area is 116 Å². The van der Waals surface area contributed by atoms with Gasteiger partial charge in [-0.25, -0.2) is 8.42 Å². The van der Waals surface area contributed by atoms with Crippen molar-refractivity contribution in [3.8, 4) is 0 Å². The summed E-state index contributed by atoms with van der Waals surface area (Å²) in [7, 11) is -3.25. The van der Waals surface area contributed by atoms with Gasteiger partial charge in [-0.15, -0.1) is 0 Å². The molecule has 0 aromatic carbocycles. The Balaban J connectivity index is 2.68. The molecule has 0 fully saturated rings. The van der Waals surface area contributed by atoms with Crippen LogP contribution in [0.2, 0.25) is 0 Å². The maximum atomic E-state index is 12.5. The van der Waals surface area contributed by atoms with E-state index in [1.807, 2.05) is 0 Å². The van der Waals surface area contributed by atoms with Crippen LogP contribution in [0, 0.1) is 0 Å². The van der Waals surface area contributed by atoms with E-state index in [0.29, 0.717) is 5.56 Å². The normalized spacial score (nSPS) is 13.5. The van der Waals surface area contributed by atoms with E-state index in [1.54, 1.807) is 13.8 Å². The topological polar surface area (TPSA) is 59.1 Å². The fourth-order valence-corrected chi connectivity index (χ4v) is 1.74. The molecule has 0 aliphatic carbocycles. The molecule has 1 aromatic heterocycles. The van der Waals surface area contributed by atoms with E-state index < -0.39 is 26.3 Å². The van der Waals surface area contributed by atoms with Gasteiger partial charge in [0.05, 0.1) is 10.3 Å². The molecule has 1 heterocycles. The smallest absolute Gasteiger partial charge is 0.311 e. The zero-order chi connectivity index (χ0) is 15.6. The Morgan fingerprint density at radius 3 is 2.35 bits per heavy atom. The molecular weight excluding hydrogens is 293 g/mol. The second-order valence-electron chi connectivity index (χ2n) is 5.22. The lowest BCUT2D eigenvalue weighted by Gasteiger charge is -2.22. The molecule has 1 N–H and O–H groups in total. The Bertz CT molecular complexity index is 568. The van der Waals surface area contributed by atoms with Gasteiger partial charge < -0.3 is 5.32 Å². The van der Waals surface area contributed by atoms with Gasteiger partial charge in [-0.3, -0.25) is 4.98 Å². The minimum absolute atomic E-state index is 0.121. The molecule has 0 saturated heterocycles. The van der Waals surface area contributed by atoms with E-state index >= 15 is 0 Å². The number of hydrogen-bond acceptors (Lipinski definition) is 4. The predicted octanol–water partition coefficient (Wildman–Crippen LogP) is 2.01. The number of halogens is 3. The van der Waals surface area contributed by atoms with Gasteiger partial charge in [-0.2, -0.15) is 13.2 Å². The summed E-state index contributed by atoms with van der Waals surface area (Å²) in [6, 6.07) is 0.993. The number of pyridine rings is 1. The molecule has 0 unspecified atom stereocenters. The third kappa shape index (κ3) is 4.45. The van der Waals surface area contributed by atoms with Crippen molar-refractivity contribution in [2.45, 2.75) is 31.3 Å². The van der Waals surface area contributed by atoms with Crippen LogP contribution < -0.4 is 5.32 Å². The lowest BCUT2D eigenvalue weighted by Crippen LogP contribution is -2.41. The lowest BCUT2D eigenvalue weighted by molar-refractivity contribution is -0.137. The van der Waals surface area contributed by atoms with Gasteiger partial charge >= 0.3 is 6.18 Å². The van der Waals surface area contributed by atoms with Gasteiger partial charge in [0.25, 0.3) is 0 Å². The molecule has 0 bridgehead atoms. The number of aromatic nitrogens is 1. The number of hydrogen-bond donors (Lipinski definition) is 1. The van der Waals surface area contributed by atoms with Gasteiger partial charge in [-0.05, 0) is 25.5 Å². The van der Waals surface area contributed by atoms with Crippen molar-refractivity contribution >= 4 is 9.84 Å². The summed E-state index contributed by atoms with van der Waals surface area (Å²) in [5.41, 5.74) is -0.469. The van der Waals surface area contributed by atoms with Crippen LogP contribution in [0.25, 0.3) is 0 Å². The molecule has 114 valence electrons. The first-order chi connectivity index (χ1) is 8.93. The SMILES string of the molecule is CC(C)(CNCc1cncc(C(F)(F)F)c1)S(C)(=O)=O. The van der Waals surface area contributed by atoms with Crippen molar-refractivity contribution in [3.05, 3.63) is 29.6 Å². The zero-order valence-corrected chi connectivity index (χ0v) is 12.3. The lowest BCUT2D eigenvalue weighted by atomic mass is 10.2. The summed E-state index contributed by atoms with van der Waals surface area (Å²) < 4.78 is 59.5. The van der Waals surface area contributed by atoms with Crippen LogP contribution >= 0.6 is 0 Å². The van der Waals surface area contributed by atoms with Crippen molar-refractivity contribution in [1.29, 1.82) is 0 Å². The molecule has 0 radical (unpaired) electrons. The molecule has 1 rings (SSSR count). The number of sulfone groups is 1. The summed E-state index contributed by atoms with van der Waals surface area (Å²) >= 11 is 0. The van der Waals surface area contributed by atoms with E-state index in [4.69, 9.17) is 0 Å². The largest absolute Gasteiger partial charge is 0.417 e. The van der Waals surface area contributed by atoms with Crippen LogP contribution in [0.1, 0.15) is 25.0 Å². The van der Waals surface area contributed by atoms with Crippen LogP contribution in [0.5, 0.6) is 0 Å². The average molecular weight is 310 g/mol. The van der Waals surface area contributed by atoms with Gasteiger partial charge in [0, 0.05) is 31.7 Å². The summed E-state index contributed by atoms with van der Waals surface area (Å²) in [5.74, 6) is 0. The number of alkyl halides is 3. The molecule has 1 aromatic rings. The molecule has 0 aliphatic rings. The van der Waals surface area contributed by atoms with E-state index in [-0.39, 0.29) is 13.1 Å². The Kier molecular flexibility index (Phi) is 4.81. The fourth-order valence-electron chi connectivity index (χ4n) is 1.38. The second-order valence-corrected chi connectivity index (χ2v) is 7.86. The number of nitrogens with zero attached hydrogens (tertiary/aromatic N) is 1. The third-order valence-corrected chi connectivity index (χ3v) is 5.16. The van der Waals surface area contributed by atoms with Crippen molar-refractivity contribution in [2.75, 3.05) is 12.8 Å². The summed E-state index contributed by atoms with van der Waals surface area (Å²) in [4.78, 5) is 3.54. The monoisotopic (exact) mass is 310 g/mol. The standard InChI is InChI=1S/C12H17F3N2O2S/c1-11(2,20(3,18)19)8-17-6-9-4-10(7-16-5-9)12(13,14)15/h4-5,7,17H,6,8H2,1-3H3. The highest BCUT2D eigenvalue weighted by Gasteiger charge is 2.31. The predicted molar refractivity (Wildman–Crippen MR) is 69.9 cm³/mol. The van der Waals surface area contributed by atoms with Gasteiger partial charge in [0.2, 0.25) is 0 Å². The van der Waals surface area contributed by atoms with Gasteiger partial charge in [0.1, 0.15) is 0 Å². The first kappa shape index (κ1) is 16.9. The minimum Gasteiger partial charge on any atom is -0.311 e. The molecule has 0 spiro atoms. The molecule has 0 atom stereocenters. The first-order valence-electron chi connectivity index (χ1n) is 5.85. The summed E-state index contributed by atoms with van der Waals surface area (Å²) in [6.45, 7) is 3.37. The highest BCUT2D eigenvalue weighted by Crippen LogP contribution is 2.28. The number of rotatable bonds is 5. The fraction of sp³-hybridized carbons (Fsp3) is 0.583. The van der Waals surface area contributed by atoms with E-state index in [1.165, 1.54) is 6.20 Å². The van der Waals surface area contributed by atoms with Crippen LogP contribution in [0.3, 0.4) is 0 Å². The van der Waals surface area contributed by atoms with Crippen LogP contribution in [-0.2, 0) is 22.6 Å².